The number of sulfonamides is 1. The van der Waals surface area contributed by atoms with Crippen molar-refractivity contribution in [3.8, 4) is 0 Å². The smallest absolute Gasteiger partial charge is 0.211 e. The van der Waals surface area contributed by atoms with Crippen LogP contribution in [-0.2, 0) is 10.0 Å². The topological polar surface area (TPSA) is 46.2 Å². The number of rotatable bonds is 6. The third-order valence-electron chi connectivity index (χ3n) is 3.76. The van der Waals surface area contributed by atoms with Crippen LogP contribution in [0.4, 0.5) is 0 Å². The summed E-state index contributed by atoms with van der Waals surface area (Å²) >= 11 is 0. The molecule has 0 saturated heterocycles. The summed E-state index contributed by atoms with van der Waals surface area (Å²) in [6.07, 6.45) is 1.96. The predicted molar refractivity (Wildman–Crippen MR) is 83.2 cm³/mol. The van der Waals surface area contributed by atoms with E-state index in [9.17, 15) is 8.42 Å². The van der Waals surface area contributed by atoms with Crippen molar-refractivity contribution in [3.63, 3.8) is 0 Å². The maximum Gasteiger partial charge on any atom is 0.241 e. The normalized spacial score (nSPS) is 12.2. The largest absolute Gasteiger partial charge is 0.241 e. The summed E-state index contributed by atoms with van der Waals surface area (Å²) < 4.78 is 27.7. The van der Waals surface area contributed by atoms with Crippen LogP contribution in [0, 0.1) is 5.92 Å². The van der Waals surface area contributed by atoms with E-state index in [0.717, 1.165) is 23.6 Å². The Balaban J connectivity index is 2.32. The van der Waals surface area contributed by atoms with Crippen molar-refractivity contribution in [2.75, 3.05) is 6.54 Å². The summed E-state index contributed by atoms with van der Waals surface area (Å²) in [7, 11) is -3.45. The minimum Gasteiger partial charge on any atom is -0.211 e. The molecule has 0 amide bonds. The molecule has 0 heterocycles. The molecule has 1 N–H and O–H groups in total. The molecule has 0 spiro atoms. The molecule has 0 aliphatic carbocycles. The molecule has 2 rings (SSSR count). The Morgan fingerprint density at radius 2 is 1.65 bits per heavy atom. The molecular weight excluding hydrogens is 270 g/mol. The number of fused-ring (bicyclic) bond motifs is 1. The molecule has 0 aliphatic rings. The highest BCUT2D eigenvalue weighted by molar-refractivity contribution is 7.89. The average molecular weight is 291 g/mol. The zero-order valence-corrected chi connectivity index (χ0v) is 12.8. The second-order valence-corrected chi connectivity index (χ2v) is 6.75. The molecule has 0 unspecified atom stereocenters. The van der Waals surface area contributed by atoms with Crippen LogP contribution in [0.15, 0.2) is 47.4 Å². The average Bonchev–Trinajstić information content (AvgIpc) is 2.47. The molecule has 20 heavy (non-hydrogen) atoms. The molecule has 0 bridgehead atoms. The van der Waals surface area contributed by atoms with Crippen LogP contribution in [0.2, 0.25) is 0 Å². The Kier molecular flexibility index (Phi) is 4.78. The van der Waals surface area contributed by atoms with E-state index in [1.807, 2.05) is 30.3 Å². The van der Waals surface area contributed by atoms with Gasteiger partial charge in [0.1, 0.15) is 0 Å². The number of hydrogen-bond donors (Lipinski definition) is 1. The highest BCUT2D eigenvalue weighted by Crippen LogP contribution is 2.22. The van der Waals surface area contributed by atoms with E-state index in [4.69, 9.17) is 0 Å². The third-order valence-corrected chi connectivity index (χ3v) is 5.24. The lowest BCUT2D eigenvalue weighted by molar-refractivity contribution is 0.479. The van der Waals surface area contributed by atoms with Gasteiger partial charge in [0, 0.05) is 11.9 Å². The predicted octanol–water partition coefficient (Wildman–Crippen LogP) is 3.55. The van der Waals surface area contributed by atoms with Gasteiger partial charge in [0.15, 0.2) is 0 Å². The Bertz CT molecular complexity index is 670. The van der Waals surface area contributed by atoms with Crippen molar-refractivity contribution in [3.05, 3.63) is 42.5 Å². The van der Waals surface area contributed by atoms with Crippen LogP contribution >= 0.6 is 0 Å². The van der Waals surface area contributed by atoms with Crippen molar-refractivity contribution in [1.82, 2.24) is 4.72 Å². The van der Waals surface area contributed by atoms with Crippen molar-refractivity contribution >= 4 is 20.8 Å². The minimum absolute atomic E-state index is 0.363. The molecule has 0 fully saturated rings. The second-order valence-electron chi connectivity index (χ2n) is 5.01. The summed E-state index contributed by atoms with van der Waals surface area (Å²) in [5.41, 5.74) is 0. The molecule has 0 atom stereocenters. The van der Waals surface area contributed by atoms with Crippen LogP contribution in [0.3, 0.4) is 0 Å². The van der Waals surface area contributed by atoms with Gasteiger partial charge in [-0.2, -0.15) is 0 Å². The Morgan fingerprint density at radius 1 is 1.00 bits per heavy atom. The fourth-order valence-corrected chi connectivity index (χ4v) is 3.66. The molecular formula is C16H21NO2S. The zero-order valence-electron chi connectivity index (χ0n) is 12.0. The van der Waals surface area contributed by atoms with E-state index in [0.29, 0.717) is 17.4 Å². The van der Waals surface area contributed by atoms with Gasteiger partial charge in [0.25, 0.3) is 0 Å². The lowest BCUT2D eigenvalue weighted by atomic mass is 10.0. The standard InChI is InChI=1S/C16H21NO2S/c1-3-13(4-2)12-17-20(18,19)16-11-7-9-14-8-5-6-10-15(14)16/h5-11,13,17H,3-4,12H2,1-2H3. The van der Waals surface area contributed by atoms with Crippen LogP contribution < -0.4 is 4.72 Å². The third kappa shape index (κ3) is 3.19. The van der Waals surface area contributed by atoms with E-state index >= 15 is 0 Å². The number of benzene rings is 2. The first-order valence-electron chi connectivity index (χ1n) is 7.06. The summed E-state index contributed by atoms with van der Waals surface area (Å²) in [5, 5.41) is 1.71. The molecule has 2 aromatic carbocycles. The fourth-order valence-electron chi connectivity index (χ4n) is 2.31. The first kappa shape index (κ1) is 15.0. The maximum atomic E-state index is 12.5. The SMILES string of the molecule is CCC(CC)CNS(=O)(=O)c1cccc2ccccc12. The second kappa shape index (κ2) is 6.37. The Hall–Kier alpha value is -1.39. The monoisotopic (exact) mass is 291 g/mol. The fraction of sp³-hybridized carbons (Fsp3) is 0.375. The van der Waals surface area contributed by atoms with Gasteiger partial charge >= 0.3 is 0 Å². The highest BCUT2D eigenvalue weighted by atomic mass is 32.2. The molecule has 0 aliphatic heterocycles. The molecule has 3 nitrogen and oxygen atoms in total. The maximum absolute atomic E-state index is 12.5. The van der Waals surface area contributed by atoms with Crippen molar-refractivity contribution in [2.24, 2.45) is 5.92 Å². The van der Waals surface area contributed by atoms with Crippen LogP contribution in [-0.4, -0.2) is 15.0 Å². The molecule has 0 radical (unpaired) electrons. The lowest BCUT2D eigenvalue weighted by Gasteiger charge is -2.14. The van der Waals surface area contributed by atoms with E-state index in [2.05, 4.69) is 18.6 Å². The lowest BCUT2D eigenvalue weighted by Crippen LogP contribution is -2.29. The first-order valence-corrected chi connectivity index (χ1v) is 8.54. The van der Waals surface area contributed by atoms with Gasteiger partial charge in [-0.25, -0.2) is 13.1 Å². The van der Waals surface area contributed by atoms with Crippen molar-refractivity contribution in [1.29, 1.82) is 0 Å². The molecule has 108 valence electrons. The van der Waals surface area contributed by atoms with Gasteiger partial charge in [0.2, 0.25) is 10.0 Å². The molecule has 2 aromatic rings. The summed E-state index contributed by atoms with van der Waals surface area (Å²) in [4.78, 5) is 0.363. The van der Waals surface area contributed by atoms with Gasteiger partial charge in [-0.3, -0.25) is 0 Å². The van der Waals surface area contributed by atoms with Crippen molar-refractivity contribution < 1.29 is 8.42 Å². The zero-order chi connectivity index (χ0) is 14.6. The van der Waals surface area contributed by atoms with E-state index in [1.54, 1.807) is 12.1 Å². The summed E-state index contributed by atoms with van der Waals surface area (Å²) in [6, 6.07) is 12.9. The quantitative estimate of drug-likeness (QED) is 0.884. The van der Waals surface area contributed by atoms with Gasteiger partial charge in [0.05, 0.1) is 4.90 Å². The minimum atomic E-state index is -3.45. The van der Waals surface area contributed by atoms with E-state index in [-0.39, 0.29) is 0 Å². The van der Waals surface area contributed by atoms with Gasteiger partial charge < -0.3 is 0 Å². The van der Waals surface area contributed by atoms with Crippen molar-refractivity contribution in [2.45, 2.75) is 31.6 Å². The van der Waals surface area contributed by atoms with E-state index < -0.39 is 10.0 Å². The highest BCUT2D eigenvalue weighted by Gasteiger charge is 2.17. The summed E-state index contributed by atoms with van der Waals surface area (Å²) in [6.45, 7) is 4.67. The number of nitrogens with one attached hydrogen (secondary N) is 1. The molecule has 4 heteroatoms. The van der Waals surface area contributed by atoms with E-state index in [1.165, 1.54) is 0 Å². The van der Waals surface area contributed by atoms with Gasteiger partial charge in [-0.1, -0.05) is 63.1 Å². The Morgan fingerprint density at radius 3 is 2.35 bits per heavy atom. The molecule has 0 saturated carbocycles. The Labute approximate surface area is 121 Å². The molecule has 0 aromatic heterocycles. The van der Waals surface area contributed by atoms with Crippen LogP contribution in [0.25, 0.3) is 10.8 Å². The van der Waals surface area contributed by atoms with Crippen LogP contribution in [0.1, 0.15) is 26.7 Å². The van der Waals surface area contributed by atoms with Gasteiger partial charge in [-0.05, 0) is 17.4 Å². The summed E-state index contributed by atoms with van der Waals surface area (Å²) in [5.74, 6) is 0.389. The first-order chi connectivity index (χ1) is 9.58. The number of hydrogen-bond acceptors (Lipinski definition) is 2. The van der Waals surface area contributed by atoms with Crippen LogP contribution in [0.5, 0.6) is 0 Å². The van der Waals surface area contributed by atoms with Gasteiger partial charge in [-0.15, -0.1) is 0 Å².